The molecule has 0 bridgehead atoms. The summed E-state index contributed by atoms with van der Waals surface area (Å²) < 4.78 is 16.0. The summed E-state index contributed by atoms with van der Waals surface area (Å²) in [4.78, 5) is 36.2. The molecule has 2 rings (SSSR count). The van der Waals surface area contributed by atoms with Gasteiger partial charge in [-0.05, 0) is 46.8 Å². The highest BCUT2D eigenvalue weighted by Crippen LogP contribution is 2.22. The third-order valence-corrected chi connectivity index (χ3v) is 3.97. The Hall–Kier alpha value is -3.36. The molecule has 1 aromatic carbocycles. The largest absolute Gasteiger partial charge is 0.488 e. The Morgan fingerprint density at radius 2 is 1.83 bits per heavy atom. The number of esters is 1. The van der Waals surface area contributed by atoms with Crippen molar-refractivity contribution in [2.75, 3.05) is 0 Å². The van der Waals surface area contributed by atoms with Gasteiger partial charge < -0.3 is 19.3 Å². The van der Waals surface area contributed by atoms with E-state index in [2.05, 4.69) is 15.8 Å². The number of hydrogen-bond acceptors (Lipinski definition) is 7. The van der Waals surface area contributed by atoms with E-state index in [9.17, 15) is 14.4 Å². The molecule has 1 unspecified atom stereocenters. The minimum atomic E-state index is -1.17. The van der Waals surface area contributed by atoms with E-state index in [1.165, 1.54) is 13.0 Å². The highest BCUT2D eigenvalue weighted by Gasteiger charge is 2.23. The van der Waals surface area contributed by atoms with Gasteiger partial charge in [0.2, 0.25) is 0 Å². The van der Waals surface area contributed by atoms with E-state index in [0.29, 0.717) is 17.2 Å². The van der Waals surface area contributed by atoms with Crippen LogP contribution in [0.3, 0.4) is 0 Å². The van der Waals surface area contributed by atoms with Crippen LogP contribution >= 0.6 is 0 Å². The average molecular weight is 403 g/mol. The number of nitrogens with zero attached hydrogens (tertiary/aromatic N) is 1. The second-order valence-corrected chi connectivity index (χ2v) is 6.75. The number of imide groups is 1. The molecule has 3 amide bonds. The number of hydrogen-bond donors (Lipinski definition) is 2. The minimum absolute atomic E-state index is 0.137. The number of para-hydroxylation sites is 1. The number of urea groups is 1. The zero-order valence-electron chi connectivity index (χ0n) is 17.1. The monoisotopic (exact) mass is 403 g/mol. The maximum Gasteiger partial charge on any atom is 0.342 e. The van der Waals surface area contributed by atoms with E-state index in [4.69, 9.17) is 14.0 Å². The number of carbonyl (C=O) groups excluding carboxylic acids is 3. The molecule has 0 saturated heterocycles. The normalized spacial score (nSPS) is 11.7. The number of carbonyl (C=O) groups is 3. The van der Waals surface area contributed by atoms with Crippen LogP contribution in [0.5, 0.6) is 5.75 Å². The van der Waals surface area contributed by atoms with Gasteiger partial charge in [0, 0.05) is 6.04 Å². The quantitative estimate of drug-likeness (QED) is 0.682. The van der Waals surface area contributed by atoms with Gasteiger partial charge in [0.25, 0.3) is 5.91 Å². The molecule has 1 aromatic heterocycles. The van der Waals surface area contributed by atoms with Crippen molar-refractivity contribution in [3.8, 4) is 5.75 Å². The predicted octanol–water partition coefficient (Wildman–Crippen LogP) is 2.65. The Morgan fingerprint density at radius 3 is 2.45 bits per heavy atom. The lowest BCUT2D eigenvalue weighted by atomic mass is 10.2. The molecule has 0 aliphatic heterocycles. The number of aromatic nitrogens is 1. The van der Waals surface area contributed by atoms with Crippen LogP contribution in [-0.4, -0.2) is 35.2 Å². The number of benzene rings is 1. The number of ether oxygens (including phenoxy) is 2. The fraction of sp³-hybridized carbons (Fsp3) is 0.400. The van der Waals surface area contributed by atoms with Crippen molar-refractivity contribution >= 4 is 17.9 Å². The summed E-state index contributed by atoms with van der Waals surface area (Å²) in [6, 6.07) is 5.72. The molecular weight excluding hydrogens is 378 g/mol. The molecule has 9 nitrogen and oxygen atoms in total. The molecule has 0 radical (unpaired) electrons. The summed E-state index contributed by atoms with van der Waals surface area (Å²) in [6.07, 6.45) is -1.17. The van der Waals surface area contributed by atoms with Crippen molar-refractivity contribution in [2.24, 2.45) is 0 Å². The molecule has 1 heterocycles. The molecule has 0 fully saturated rings. The Morgan fingerprint density at radius 1 is 1.14 bits per heavy atom. The van der Waals surface area contributed by atoms with E-state index >= 15 is 0 Å². The second kappa shape index (κ2) is 9.72. The van der Waals surface area contributed by atoms with Crippen LogP contribution in [0.2, 0.25) is 0 Å². The molecule has 0 spiro atoms. The first-order valence-corrected chi connectivity index (χ1v) is 9.15. The third-order valence-electron chi connectivity index (χ3n) is 3.97. The van der Waals surface area contributed by atoms with E-state index in [0.717, 1.165) is 5.56 Å². The Balaban J connectivity index is 2.02. The van der Waals surface area contributed by atoms with Gasteiger partial charge in [-0.15, -0.1) is 0 Å². The van der Waals surface area contributed by atoms with Crippen molar-refractivity contribution in [1.82, 2.24) is 15.8 Å². The summed E-state index contributed by atoms with van der Waals surface area (Å²) in [5.41, 5.74) is 1.65. The van der Waals surface area contributed by atoms with E-state index in [1.54, 1.807) is 45.9 Å². The first-order valence-electron chi connectivity index (χ1n) is 9.15. The van der Waals surface area contributed by atoms with Crippen molar-refractivity contribution in [3.63, 3.8) is 0 Å². The van der Waals surface area contributed by atoms with Gasteiger partial charge in [0.15, 0.2) is 6.10 Å². The summed E-state index contributed by atoms with van der Waals surface area (Å²) in [5.74, 6) is -0.549. The molecule has 0 aliphatic carbocycles. The minimum Gasteiger partial charge on any atom is -0.488 e. The first-order chi connectivity index (χ1) is 13.7. The van der Waals surface area contributed by atoms with Gasteiger partial charge in [-0.1, -0.05) is 17.3 Å². The van der Waals surface area contributed by atoms with Crippen LogP contribution in [0.1, 0.15) is 48.1 Å². The van der Waals surface area contributed by atoms with Crippen molar-refractivity contribution < 1.29 is 28.4 Å². The standard InChI is InChI=1S/C20H25N3O6/c1-11(2)21-20(26)22-18(24)14(5)28-19(25)15-8-6-7-9-17(15)27-10-16-12(3)23-29-13(16)4/h6-9,11,14H,10H2,1-5H3,(H2,21,22,24,26). The molecule has 0 saturated carbocycles. The highest BCUT2D eigenvalue weighted by molar-refractivity contribution is 5.99. The molecular formula is C20H25N3O6. The maximum absolute atomic E-state index is 12.5. The summed E-state index contributed by atoms with van der Waals surface area (Å²) in [5, 5.41) is 8.50. The number of rotatable bonds is 7. The number of nitrogens with one attached hydrogen (secondary N) is 2. The van der Waals surface area contributed by atoms with Gasteiger partial charge in [-0.2, -0.15) is 0 Å². The Labute approximate surface area is 168 Å². The zero-order chi connectivity index (χ0) is 21.6. The van der Waals surface area contributed by atoms with Gasteiger partial charge in [0.05, 0.1) is 11.3 Å². The van der Waals surface area contributed by atoms with Crippen LogP contribution in [0.15, 0.2) is 28.8 Å². The fourth-order valence-electron chi connectivity index (χ4n) is 2.41. The lowest BCUT2D eigenvalue weighted by Gasteiger charge is -2.16. The first kappa shape index (κ1) is 21.9. The van der Waals surface area contributed by atoms with Crippen molar-refractivity contribution in [2.45, 2.75) is 53.4 Å². The molecule has 0 aliphatic rings. The van der Waals surface area contributed by atoms with Gasteiger partial charge in [-0.3, -0.25) is 10.1 Å². The van der Waals surface area contributed by atoms with Crippen molar-refractivity contribution in [1.29, 1.82) is 0 Å². The maximum atomic E-state index is 12.5. The lowest BCUT2D eigenvalue weighted by Crippen LogP contribution is -2.46. The predicted molar refractivity (Wildman–Crippen MR) is 103 cm³/mol. The lowest BCUT2D eigenvalue weighted by molar-refractivity contribution is -0.127. The van der Waals surface area contributed by atoms with Crippen molar-refractivity contribution in [3.05, 3.63) is 46.8 Å². The summed E-state index contributed by atoms with van der Waals surface area (Å²) in [7, 11) is 0. The molecule has 9 heteroatoms. The van der Waals surface area contributed by atoms with Crippen LogP contribution in [-0.2, 0) is 16.1 Å². The molecule has 2 aromatic rings. The third kappa shape index (κ3) is 6.06. The van der Waals surface area contributed by atoms with E-state index in [1.807, 2.05) is 0 Å². The topological polar surface area (TPSA) is 120 Å². The highest BCUT2D eigenvalue weighted by atomic mass is 16.5. The molecule has 29 heavy (non-hydrogen) atoms. The fourth-order valence-corrected chi connectivity index (χ4v) is 2.41. The zero-order valence-corrected chi connectivity index (χ0v) is 17.1. The van der Waals surface area contributed by atoms with Gasteiger partial charge in [0.1, 0.15) is 23.7 Å². The van der Waals surface area contributed by atoms with Gasteiger partial charge in [-0.25, -0.2) is 9.59 Å². The molecule has 2 N–H and O–H groups in total. The molecule has 156 valence electrons. The van der Waals surface area contributed by atoms with Crippen LogP contribution < -0.4 is 15.4 Å². The van der Waals surface area contributed by atoms with Crippen LogP contribution in [0, 0.1) is 13.8 Å². The molecule has 1 atom stereocenters. The second-order valence-electron chi connectivity index (χ2n) is 6.75. The van der Waals surface area contributed by atoms with E-state index < -0.39 is 24.0 Å². The van der Waals surface area contributed by atoms with Gasteiger partial charge >= 0.3 is 12.0 Å². The Bertz CT molecular complexity index is 871. The average Bonchev–Trinajstić information content (AvgIpc) is 2.97. The van der Waals surface area contributed by atoms with E-state index in [-0.39, 0.29) is 18.2 Å². The Kier molecular flexibility index (Phi) is 7.35. The smallest absolute Gasteiger partial charge is 0.342 e. The number of aryl methyl sites for hydroxylation is 2. The summed E-state index contributed by atoms with van der Waals surface area (Å²) >= 11 is 0. The summed E-state index contributed by atoms with van der Waals surface area (Å²) in [6.45, 7) is 8.62. The van der Waals surface area contributed by atoms with Crippen LogP contribution in [0.4, 0.5) is 4.79 Å². The number of amides is 3. The SMILES string of the molecule is Cc1noc(C)c1COc1ccccc1C(=O)OC(C)C(=O)NC(=O)NC(C)C. The van der Waals surface area contributed by atoms with Crippen LogP contribution in [0.25, 0.3) is 0 Å².